The van der Waals surface area contributed by atoms with Crippen LogP contribution in [0.4, 0.5) is 4.79 Å². The Bertz CT molecular complexity index is 1070. The molecule has 184 valence electrons. The van der Waals surface area contributed by atoms with E-state index in [1.165, 1.54) is 27.2 Å². The number of benzene rings is 2. The van der Waals surface area contributed by atoms with Crippen molar-refractivity contribution < 1.29 is 24.2 Å². The number of carboxylic acids is 1. The van der Waals surface area contributed by atoms with Gasteiger partial charge in [0.05, 0.1) is 0 Å². The minimum absolute atomic E-state index is 0.0221. The van der Waals surface area contributed by atoms with Gasteiger partial charge in [-0.25, -0.2) is 9.59 Å². The molecule has 0 bridgehead atoms. The van der Waals surface area contributed by atoms with E-state index in [2.05, 4.69) is 29.6 Å². The summed E-state index contributed by atoms with van der Waals surface area (Å²) in [6.07, 6.45) is 4.48. The average Bonchev–Trinajstić information content (AvgIpc) is 3.44. The fourth-order valence-corrected chi connectivity index (χ4v) is 6.05. The molecule has 35 heavy (non-hydrogen) atoms. The molecule has 2 aromatic carbocycles. The predicted octanol–water partition coefficient (Wildman–Crippen LogP) is 4.55. The van der Waals surface area contributed by atoms with E-state index in [4.69, 9.17) is 4.74 Å². The summed E-state index contributed by atoms with van der Waals surface area (Å²) in [5.74, 6) is -0.824. The molecule has 0 radical (unpaired) electrons. The van der Waals surface area contributed by atoms with Gasteiger partial charge in [0.1, 0.15) is 12.6 Å². The topological polar surface area (TPSA) is 95.9 Å². The number of carbonyl (C=O) groups is 3. The molecule has 1 saturated carbocycles. The molecule has 0 unspecified atom stereocenters. The first-order valence-corrected chi connectivity index (χ1v) is 12.6. The van der Waals surface area contributed by atoms with Crippen molar-refractivity contribution in [3.8, 4) is 11.1 Å². The molecule has 1 saturated heterocycles. The van der Waals surface area contributed by atoms with Gasteiger partial charge in [-0.2, -0.15) is 0 Å². The Hall–Kier alpha value is -3.35. The van der Waals surface area contributed by atoms with Gasteiger partial charge in [0.15, 0.2) is 0 Å². The van der Waals surface area contributed by atoms with Gasteiger partial charge in [-0.1, -0.05) is 48.5 Å². The van der Waals surface area contributed by atoms with Crippen molar-refractivity contribution in [2.24, 2.45) is 5.92 Å². The standard InChI is InChI=1S/C28H32N2O5/c31-26(30-14-6-5-11-25(30)27(32)33)16-18-12-13-19(15-18)29-28(34)35-17-24-22-9-3-1-7-20(22)21-8-2-4-10-23(21)24/h1-4,7-10,18-19,24-25H,5-6,11-17H2,(H,29,34)(H,32,33)/t18-,19+,25-/m1/s1. The van der Waals surface area contributed by atoms with Gasteiger partial charge in [0, 0.05) is 24.9 Å². The number of alkyl carbamates (subject to hydrolysis) is 1. The van der Waals surface area contributed by atoms with Crippen molar-refractivity contribution in [2.45, 2.75) is 62.9 Å². The van der Waals surface area contributed by atoms with E-state index in [1.54, 1.807) is 0 Å². The van der Waals surface area contributed by atoms with Crippen molar-refractivity contribution in [2.75, 3.05) is 13.2 Å². The van der Waals surface area contributed by atoms with Crippen LogP contribution in [0.3, 0.4) is 0 Å². The van der Waals surface area contributed by atoms with Crippen molar-refractivity contribution in [1.82, 2.24) is 10.2 Å². The van der Waals surface area contributed by atoms with Crippen LogP contribution < -0.4 is 5.32 Å². The van der Waals surface area contributed by atoms with Crippen LogP contribution in [0, 0.1) is 5.92 Å². The third-order valence-corrected chi connectivity index (χ3v) is 7.78. The number of ether oxygens (including phenoxy) is 1. The van der Waals surface area contributed by atoms with E-state index in [0.29, 0.717) is 25.8 Å². The second-order valence-corrected chi connectivity index (χ2v) is 9.99. The van der Waals surface area contributed by atoms with Crippen LogP contribution in [0.25, 0.3) is 11.1 Å². The summed E-state index contributed by atoms with van der Waals surface area (Å²) in [7, 11) is 0. The number of hydrogen-bond donors (Lipinski definition) is 2. The quantitative estimate of drug-likeness (QED) is 0.638. The van der Waals surface area contributed by atoms with Crippen LogP contribution >= 0.6 is 0 Å². The van der Waals surface area contributed by atoms with Gasteiger partial charge in [0.2, 0.25) is 5.91 Å². The number of piperidine rings is 1. The molecular formula is C28H32N2O5. The van der Waals surface area contributed by atoms with Gasteiger partial charge in [-0.3, -0.25) is 4.79 Å². The lowest BCUT2D eigenvalue weighted by Gasteiger charge is -2.33. The second kappa shape index (κ2) is 10.1. The van der Waals surface area contributed by atoms with Crippen molar-refractivity contribution in [3.63, 3.8) is 0 Å². The van der Waals surface area contributed by atoms with Crippen LogP contribution in [-0.4, -0.2) is 53.2 Å². The largest absolute Gasteiger partial charge is 0.480 e. The molecule has 2 aromatic rings. The number of nitrogens with one attached hydrogen (secondary N) is 1. The fraction of sp³-hybridized carbons (Fsp3) is 0.464. The van der Waals surface area contributed by atoms with Gasteiger partial charge in [-0.15, -0.1) is 0 Å². The molecule has 3 aliphatic rings. The number of likely N-dealkylation sites (tertiary alicyclic amines) is 1. The van der Waals surface area contributed by atoms with Crippen molar-refractivity contribution in [3.05, 3.63) is 59.7 Å². The number of nitrogens with zero attached hydrogens (tertiary/aromatic N) is 1. The summed E-state index contributed by atoms with van der Waals surface area (Å²) in [4.78, 5) is 38.5. The number of carboxylic acid groups (broad SMARTS) is 1. The summed E-state index contributed by atoms with van der Waals surface area (Å²) in [6, 6.07) is 15.8. The fourth-order valence-electron chi connectivity index (χ4n) is 6.05. The Morgan fingerprint density at radius 1 is 0.943 bits per heavy atom. The monoisotopic (exact) mass is 476 g/mol. The summed E-state index contributed by atoms with van der Waals surface area (Å²) in [5, 5.41) is 12.4. The van der Waals surface area contributed by atoms with Gasteiger partial charge in [-0.05, 0) is 66.7 Å². The first-order valence-electron chi connectivity index (χ1n) is 12.6. The summed E-state index contributed by atoms with van der Waals surface area (Å²) in [5.41, 5.74) is 4.75. The van der Waals surface area contributed by atoms with Gasteiger partial charge >= 0.3 is 12.1 Å². The highest BCUT2D eigenvalue weighted by atomic mass is 16.5. The molecule has 2 fully saturated rings. The smallest absolute Gasteiger partial charge is 0.407 e. The average molecular weight is 477 g/mol. The molecular weight excluding hydrogens is 444 g/mol. The van der Waals surface area contributed by atoms with Gasteiger partial charge in [0.25, 0.3) is 0 Å². The predicted molar refractivity (Wildman–Crippen MR) is 131 cm³/mol. The number of rotatable bonds is 6. The molecule has 2 amide bonds. The number of hydrogen-bond acceptors (Lipinski definition) is 4. The third kappa shape index (κ3) is 4.90. The zero-order valence-electron chi connectivity index (χ0n) is 19.8. The Kier molecular flexibility index (Phi) is 6.75. The molecule has 7 nitrogen and oxygen atoms in total. The van der Waals surface area contributed by atoms with Crippen molar-refractivity contribution in [1.29, 1.82) is 0 Å². The lowest BCUT2D eigenvalue weighted by molar-refractivity contribution is -0.152. The van der Waals surface area contributed by atoms with E-state index >= 15 is 0 Å². The molecule has 1 heterocycles. The van der Waals surface area contributed by atoms with E-state index in [0.717, 1.165) is 25.7 Å². The van der Waals surface area contributed by atoms with Crippen LogP contribution in [0.1, 0.15) is 62.0 Å². The Labute approximate surface area is 205 Å². The number of carbonyl (C=O) groups excluding carboxylic acids is 2. The SMILES string of the molecule is O=C(N[C@H]1CC[C@@H](CC(=O)N2CCCC[C@@H]2C(=O)O)C1)OCC1c2ccccc2-c2ccccc21. The summed E-state index contributed by atoms with van der Waals surface area (Å²) >= 11 is 0. The lowest BCUT2D eigenvalue weighted by atomic mass is 9.98. The Balaban J connectivity index is 1.12. The normalized spacial score (nSPS) is 23.4. The highest BCUT2D eigenvalue weighted by Gasteiger charge is 2.35. The Morgan fingerprint density at radius 3 is 2.31 bits per heavy atom. The van der Waals surface area contributed by atoms with Crippen LogP contribution in [0.5, 0.6) is 0 Å². The van der Waals surface area contributed by atoms with E-state index in [9.17, 15) is 19.5 Å². The highest BCUT2D eigenvalue weighted by Crippen LogP contribution is 2.44. The maximum atomic E-state index is 12.8. The molecule has 0 aromatic heterocycles. The third-order valence-electron chi connectivity index (χ3n) is 7.78. The number of amides is 2. The van der Waals surface area contributed by atoms with E-state index in [-0.39, 0.29) is 30.4 Å². The van der Waals surface area contributed by atoms with Gasteiger partial charge < -0.3 is 20.1 Å². The summed E-state index contributed by atoms with van der Waals surface area (Å²) < 4.78 is 5.66. The minimum Gasteiger partial charge on any atom is -0.480 e. The molecule has 7 heteroatoms. The summed E-state index contributed by atoms with van der Waals surface area (Å²) in [6.45, 7) is 0.796. The molecule has 0 spiro atoms. The molecule has 1 aliphatic heterocycles. The zero-order valence-corrected chi connectivity index (χ0v) is 19.8. The maximum Gasteiger partial charge on any atom is 0.407 e. The number of aliphatic carboxylic acids is 1. The van der Waals surface area contributed by atoms with Crippen molar-refractivity contribution >= 4 is 18.0 Å². The maximum absolute atomic E-state index is 12.8. The van der Waals surface area contributed by atoms with E-state index < -0.39 is 18.1 Å². The highest BCUT2D eigenvalue weighted by molar-refractivity contribution is 5.84. The molecule has 2 N–H and O–H groups in total. The van der Waals surface area contributed by atoms with Crippen LogP contribution in [0.2, 0.25) is 0 Å². The first-order chi connectivity index (χ1) is 17.0. The first kappa shape index (κ1) is 23.4. The second-order valence-electron chi connectivity index (χ2n) is 9.99. The molecule has 3 atom stereocenters. The minimum atomic E-state index is -0.917. The zero-order chi connectivity index (χ0) is 24.4. The van der Waals surface area contributed by atoms with Crippen LogP contribution in [0.15, 0.2) is 48.5 Å². The Morgan fingerprint density at radius 2 is 1.63 bits per heavy atom. The number of fused-ring (bicyclic) bond motifs is 3. The van der Waals surface area contributed by atoms with E-state index in [1.807, 2.05) is 24.3 Å². The lowest BCUT2D eigenvalue weighted by Crippen LogP contribution is -2.48. The van der Waals surface area contributed by atoms with Crippen LogP contribution in [-0.2, 0) is 14.3 Å². The molecule has 5 rings (SSSR count). The molecule has 2 aliphatic carbocycles.